The smallest absolute Gasteiger partial charge is 0.0577 e. The summed E-state index contributed by atoms with van der Waals surface area (Å²) in [5.41, 5.74) is 7.69. The Hall–Kier alpha value is -0.940. The Morgan fingerprint density at radius 2 is 2.14 bits per heavy atom. The predicted molar refractivity (Wildman–Crippen MR) is 59.7 cm³/mol. The topological polar surface area (TPSA) is 3.24 Å². The van der Waals surface area contributed by atoms with Crippen molar-refractivity contribution in [3.63, 3.8) is 0 Å². The third-order valence-electron chi connectivity index (χ3n) is 3.09. The molecule has 1 saturated heterocycles. The summed E-state index contributed by atoms with van der Waals surface area (Å²) >= 11 is 0. The number of piperidine rings is 1. The van der Waals surface area contributed by atoms with Crippen LogP contribution in [0.15, 0.2) is 28.8 Å². The molecule has 1 fully saturated rings. The second kappa shape index (κ2) is 3.67. The van der Waals surface area contributed by atoms with Crippen molar-refractivity contribution in [2.24, 2.45) is 5.92 Å². The molecule has 76 valence electrons. The Kier molecular flexibility index (Phi) is 2.52. The molecule has 2 heterocycles. The van der Waals surface area contributed by atoms with Crippen LogP contribution in [0.5, 0.6) is 0 Å². The minimum atomic E-state index is 0.599. The first-order valence-corrected chi connectivity index (χ1v) is 5.64. The van der Waals surface area contributed by atoms with Crippen LogP contribution >= 0.6 is 0 Å². The second-order valence-electron chi connectivity index (χ2n) is 4.56. The summed E-state index contributed by atoms with van der Waals surface area (Å²) in [6.07, 6.45) is 6.26. The van der Waals surface area contributed by atoms with Crippen molar-refractivity contribution >= 4 is 0 Å². The highest BCUT2D eigenvalue weighted by molar-refractivity contribution is 5.32. The van der Waals surface area contributed by atoms with Crippen LogP contribution in [0, 0.1) is 5.92 Å². The van der Waals surface area contributed by atoms with E-state index in [9.17, 15) is 0 Å². The number of hydrogen-bond donors (Lipinski definition) is 0. The van der Waals surface area contributed by atoms with E-state index in [2.05, 4.69) is 37.5 Å². The van der Waals surface area contributed by atoms with Crippen LogP contribution < -0.4 is 0 Å². The number of nitrogens with zero attached hydrogens (tertiary/aromatic N) is 1. The highest BCUT2D eigenvalue weighted by Crippen LogP contribution is 2.29. The Bertz CT molecular complexity index is 327. The molecule has 0 amide bonds. The SMILES string of the molecule is CC1=C=C(C(C)C)C=C2CCCCN12. The van der Waals surface area contributed by atoms with Crippen molar-refractivity contribution in [3.8, 4) is 0 Å². The summed E-state index contributed by atoms with van der Waals surface area (Å²) in [4.78, 5) is 2.43. The summed E-state index contributed by atoms with van der Waals surface area (Å²) in [6.45, 7) is 7.85. The molecule has 0 unspecified atom stereocenters. The summed E-state index contributed by atoms with van der Waals surface area (Å²) in [7, 11) is 0. The fraction of sp³-hybridized carbons (Fsp3) is 0.615. The number of hydrogen-bond acceptors (Lipinski definition) is 1. The minimum absolute atomic E-state index is 0.599. The van der Waals surface area contributed by atoms with Crippen LogP contribution in [0.4, 0.5) is 0 Å². The van der Waals surface area contributed by atoms with Gasteiger partial charge in [-0.1, -0.05) is 19.6 Å². The van der Waals surface area contributed by atoms with Crippen LogP contribution in [0.2, 0.25) is 0 Å². The Morgan fingerprint density at radius 1 is 1.36 bits per heavy atom. The van der Waals surface area contributed by atoms with Gasteiger partial charge in [0.05, 0.1) is 5.70 Å². The van der Waals surface area contributed by atoms with Gasteiger partial charge in [-0.25, -0.2) is 0 Å². The van der Waals surface area contributed by atoms with Crippen molar-refractivity contribution in [2.75, 3.05) is 6.54 Å². The van der Waals surface area contributed by atoms with Gasteiger partial charge in [-0.05, 0) is 38.2 Å². The zero-order valence-corrected chi connectivity index (χ0v) is 9.43. The van der Waals surface area contributed by atoms with Crippen molar-refractivity contribution in [1.82, 2.24) is 4.90 Å². The van der Waals surface area contributed by atoms with E-state index in [-0.39, 0.29) is 0 Å². The average molecular weight is 189 g/mol. The van der Waals surface area contributed by atoms with Gasteiger partial charge in [-0.3, -0.25) is 0 Å². The van der Waals surface area contributed by atoms with Crippen LogP contribution in [0.3, 0.4) is 0 Å². The first-order valence-electron chi connectivity index (χ1n) is 5.64. The van der Waals surface area contributed by atoms with Crippen molar-refractivity contribution in [2.45, 2.75) is 40.0 Å². The largest absolute Gasteiger partial charge is 0.342 e. The molecule has 0 spiro atoms. The quantitative estimate of drug-likeness (QED) is 0.571. The molecule has 0 aromatic carbocycles. The van der Waals surface area contributed by atoms with Gasteiger partial charge in [-0.2, -0.15) is 0 Å². The summed E-state index contributed by atoms with van der Waals surface area (Å²) in [5, 5.41) is 0. The lowest BCUT2D eigenvalue weighted by molar-refractivity contribution is 0.350. The third kappa shape index (κ3) is 1.65. The van der Waals surface area contributed by atoms with Crippen molar-refractivity contribution < 1.29 is 0 Å². The third-order valence-corrected chi connectivity index (χ3v) is 3.09. The molecule has 2 rings (SSSR count). The molecule has 0 N–H and O–H groups in total. The first-order chi connectivity index (χ1) is 6.68. The van der Waals surface area contributed by atoms with E-state index in [1.54, 1.807) is 0 Å². The maximum atomic E-state index is 3.50. The maximum Gasteiger partial charge on any atom is 0.0577 e. The lowest BCUT2D eigenvalue weighted by Gasteiger charge is -2.34. The molecule has 2 aliphatic heterocycles. The van der Waals surface area contributed by atoms with E-state index in [1.165, 1.54) is 42.8 Å². The highest BCUT2D eigenvalue weighted by atomic mass is 15.1. The van der Waals surface area contributed by atoms with Gasteiger partial charge >= 0.3 is 0 Å². The normalized spacial score (nSPS) is 21.4. The number of fused-ring (bicyclic) bond motifs is 1. The summed E-state index contributed by atoms with van der Waals surface area (Å²) in [5.74, 6) is 0.599. The molecule has 1 heteroatoms. The predicted octanol–water partition coefficient (Wildman–Crippen LogP) is 3.45. The molecule has 14 heavy (non-hydrogen) atoms. The molecule has 0 aromatic heterocycles. The van der Waals surface area contributed by atoms with Crippen LogP contribution in [-0.2, 0) is 0 Å². The Morgan fingerprint density at radius 3 is 2.86 bits per heavy atom. The highest BCUT2D eigenvalue weighted by Gasteiger charge is 2.19. The number of rotatable bonds is 1. The molecular weight excluding hydrogens is 170 g/mol. The fourth-order valence-corrected chi connectivity index (χ4v) is 2.19. The lowest BCUT2D eigenvalue weighted by Crippen LogP contribution is -2.27. The van der Waals surface area contributed by atoms with Gasteiger partial charge < -0.3 is 4.90 Å². The van der Waals surface area contributed by atoms with E-state index >= 15 is 0 Å². The molecule has 0 bridgehead atoms. The molecule has 0 radical (unpaired) electrons. The van der Waals surface area contributed by atoms with E-state index < -0.39 is 0 Å². The average Bonchev–Trinajstić information content (AvgIpc) is 2.17. The molecule has 1 nitrogen and oxygen atoms in total. The summed E-state index contributed by atoms with van der Waals surface area (Å²) in [6, 6.07) is 0. The van der Waals surface area contributed by atoms with E-state index in [0.29, 0.717) is 5.92 Å². The van der Waals surface area contributed by atoms with Gasteiger partial charge in [0.1, 0.15) is 0 Å². The van der Waals surface area contributed by atoms with Gasteiger partial charge in [0.15, 0.2) is 0 Å². The van der Waals surface area contributed by atoms with E-state index in [4.69, 9.17) is 0 Å². The van der Waals surface area contributed by atoms with Gasteiger partial charge in [0.2, 0.25) is 0 Å². The maximum absolute atomic E-state index is 3.50. The summed E-state index contributed by atoms with van der Waals surface area (Å²) < 4.78 is 0. The Balaban J connectivity index is 2.36. The molecule has 0 atom stereocenters. The van der Waals surface area contributed by atoms with Crippen molar-refractivity contribution in [3.05, 3.63) is 28.8 Å². The zero-order chi connectivity index (χ0) is 10.1. The lowest BCUT2D eigenvalue weighted by atomic mass is 9.96. The molecule has 0 aromatic rings. The van der Waals surface area contributed by atoms with Crippen molar-refractivity contribution in [1.29, 1.82) is 0 Å². The zero-order valence-electron chi connectivity index (χ0n) is 9.43. The van der Waals surface area contributed by atoms with Crippen LogP contribution in [-0.4, -0.2) is 11.4 Å². The van der Waals surface area contributed by atoms with Gasteiger partial charge in [0, 0.05) is 17.8 Å². The molecule has 2 aliphatic rings. The second-order valence-corrected chi connectivity index (χ2v) is 4.56. The molecular formula is C13H19N. The van der Waals surface area contributed by atoms with E-state index in [0.717, 1.165) is 0 Å². The van der Waals surface area contributed by atoms with Crippen LogP contribution in [0.25, 0.3) is 0 Å². The standard InChI is InChI=1S/C13H19N/c1-10(2)12-8-11(3)14-7-5-4-6-13(14)9-12/h9-10H,4-7H2,1-3H3. The monoisotopic (exact) mass is 189 g/mol. The van der Waals surface area contributed by atoms with Crippen LogP contribution in [0.1, 0.15) is 40.0 Å². The van der Waals surface area contributed by atoms with E-state index in [1.807, 2.05) is 0 Å². The van der Waals surface area contributed by atoms with Gasteiger partial charge in [-0.15, -0.1) is 0 Å². The molecule has 0 aliphatic carbocycles. The Labute approximate surface area is 86.8 Å². The van der Waals surface area contributed by atoms with Gasteiger partial charge in [0.25, 0.3) is 0 Å². The minimum Gasteiger partial charge on any atom is -0.342 e. The first kappa shape index (κ1) is 9.61. The molecule has 0 saturated carbocycles. The number of allylic oxidation sites excluding steroid dienone is 3. The fourth-order valence-electron chi connectivity index (χ4n) is 2.19.